The van der Waals surface area contributed by atoms with E-state index in [4.69, 9.17) is 4.74 Å². The van der Waals surface area contributed by atoms with Crippen molar-refractivity contribution in [2.45, 2.75) is 25.3 Å². The van der Waals surface area contributed by atoms with Crippen LogP contribution in [-0.4, -0.2) is 35.6 Å². The first-order chi connectivity index (χ1) is 14.4. The summed E-state index contributed by atoms with van der Waals surface area (Å²) in [5.41, 5.74) is -0.451. The van der Waals surface area contributed by atoms with E-state index in [0.29, 0.717) is 0 Å². The summed E-state index contributed by atoms with van der Waals surface area (Å²) in [6.07, 6.45) is 1.72. The second kappa shape index (κ2) is 7.23. The molecule has 2 aromatic rings. The molecule has 7 heteroatoms. The van der Waals surface area contributed by atoms with Gasteiger partial charge in [0, 0.05) is 22.3 Å². The maximum atomic E-state index is 12.9. The summed E-state index contributed by atoms with van der Waals surface area (Å²) >= 11 is 0. The van der Waals surface area contributed by atoms with Crippen molar-refractivity contribution in [3.8, 4) is 6.07 Å². The Hall–Kier alpha value is -3.79. The standard InChI is InChI=1S/C23H18N2O5/c1-23(12-24,13-9-10-13)25-18(26)11-30-22(29)17-8-4-7-16-19(17)21(28)15-6-3-2-5-14(15)20(16)27/h2-8,13H,9-11H2,1H3,(H,25,26)/t23-/m0/s1. The summed E-state index contributed by atoms with van der Waals surface area (Å²) in [6, 6.07) is 12.9. The van der Waals surface area contributed by atoms with Gasteiger partial charge in [0.2, 0.25) is 0 Å². The van der Waals surface area contributed by atoms with E-state index in [0.717, 1.165) is 12.8 Å². The van der Waals surface area contributed by atoms with Gasteiger partial charge in [-0.2, -0.15) is 5.26 Å². The van der Waals surface area contributed by atoms with Gasteiger partial charge in [-0.1, -0.05) is 36.4 Å². The Kier molecular flexibility index (Phi) is 4.70. The number of nitriles is 1. The summed E-state index contributed by atoms with van der Waals surface area (Å²) in [5, 5.41) is 11.9. The number of amides is 1. The molecule has 30 heavy (non-hydrogen) atoms. The lowest BCUT2D eigenvalue weighted by Crippen LogP contribution is -2.48. The zero-order valence-electron chi connectivity index (χ0n) is 16.2. The van der Waals surface area contributed by atoms with E-state index < -0.39 is 29.8 Å². The smallest absolute Gasteiger partial charge is 0.339 e. The molecule has 1 N–H and O–H groups in total. The molecule has 0 unspecified atom stereocenters. The summed E-state index contributed by atoms with van der Waals surface area (Å²) < 4.78 is 5.09. The summed E-state index contributed by atoms with van der Waals surface area (Å²) in [7, 11) is 0. The first-order valence-electron chi connectivity index (χ1n) is 9.56. The van der Waals surface area contributed by atoms with E-state index in [1.807, 2.05) is 0 Å². The maximum Gasteiger partial charge on any atom is 0.339 e. The molecule has 2 aliphatic carbocycles. The van der Waals surface area contributed by atoms with Crippen LogP contribution in [0.15, 0.2) is 42.5 Å². The third-order valence-corrected chi connectivity index (χ3v) is 5.53. The number of ketones is 2. The molecule has 150 valence electrons. The van der Waals surface area contributed by atoms with Crippen molar-refractivity contribution in [1.29, 1.82) is 5.26 Å². The fourth-order valence-corrected chi connectivity index (χ4v) is 3.73. The van der Waals surface area contributed by atoms with Gasteiger partial charge in [0.05, 0.1) is 11.6 Å². The highest BCUT2D eigenvalue weighted by Gasteiger charge is 2.43. The third kappa shape index (κ3) is 3.26. The Balaban J connectivity index is 1.54. The van der Waals surface area contributed by atoms with Gasteiger partial charge in [-0.25, -0.2) is 4.79 Å². The molecule has 1 saturated carbocycles. The molecular formula is C23H18N2O5. The number of hydrogen-bond donors (Lipinski definition) is 1. The topological polar surface area (TPSA) is 113 Å². The van der Waals surface area contributed by atoms with Crippen LogP contribution >= 0.6 is 0 Å². The van der Waals surface area contributed by atoms with E-state index in [1.165, 1.54) is 24.3 Å². The molecule has 2 aromatic carbocycles. The minimum absolute atomic E-state index is 0.0218. The normalized spacial score (nSPS) is 16.5. The second-order valence-electron chi connectivity index (χ2n) is 7.64. The number of carbonyl (C=O) groups excluding carboxylic acids is 4. The van der Waals surface area contributed by atoms with Crippen molar-refractivity contribution < 1.29 is 23.9 Å². The highest BCUT2D eigenvalue weighted by Crippen LogP contribution is 2.39. The Morgan fingerprint density at radius 1 is 1.07 bits per heavy atom. The van der Waals surface area contributed by atoms with Crippen LogP contribution in [-0.2, 0) is 9.53 Å². The lowest BCUT2D eigenvalue weighted by molar-refractivity contribution is -0.125. The first kappa shape index (κ1) is 19.5. The van der Waals surface area contributed by atoms with Crippen LogP contribution in [0.2, 0.25) is 0 Å². The van der Waals surface area contributed by atoms with Crippen molar-refractivity contribution in [3.63, 3.8) is 0 Å². The monoisotopic (exact) mass is 402 g/mol. The molecule has 0 radical (unpaired) electrons. The quantitative estimate of drug-likeness (QED) is 0.656. The van der Waals surface area contributed by atoms with Gasteiger partial charge >= 0.3 is 5.97 Å². The van der Waals surface area contributed by atoms with Gasteiger partial charge in [0.15, 0.2) is 18.2 Å². The van der Waals surface area contributed by atoms with Crippen LogP contribution in [0.25, 0.3) is 0 Å². The SMILES string of the molecule is C[C@@](C#N)(NC(=O)COC(=O)c1cccc2c1C(=O)c1ccccc1C2=O)C1CC1. The van der Waals surface area contributed by atoms with Crippen LogP contribution in [0, 0.1) is 17.2 Å². The zero-order valence-corrected chi connectivity index (χ0v) is 16.2. The Morgan fingerprint density at radius 3 is 2.33 bits per heavy atom. The summed E-state index contributed by atoms with van der Waals surface area (Å²) in [4.78, 5) is 50.5. The van der Waals surface area contributed by atoms with Gasteiger partial charge < -0.3 is 10.1 Å². The molecule has 0 bridgehead atoms. The van der Waals surface area contributed by atoms with Gasteiger partial charge in [0.25, 0.3) is 5.91 Å². The molecule has 4 rings (SSSR count). The van der Waals surface area contributed by atoms with Crippen LogP contribution in [0.1, 0.15) is 62.0 Å². The number of fused-ring (bicyclic) bond motifs is 2. The van der Waals surface area contributed by atoms with E-state index in [9.17, 15) is 24.4 Å². The van der Waals surface area contributed by atoms with Crippen molar-refractivity contribution in [2.24, 2.45) is 5.92 Å². The van der Waals surface area contributed by atoms with Crippen LogP contribution < -0.4 is 5.32 Å². The zero-order chi connectivity index (χ0) is 21.5. The van der Waals surface area contributed by atoms with E-state index >= 15 is 0 Å². The maximum absolute atomic E-state index is 12.9. The van der Waals surface area contributed by atoms with E-state index in [2.05, 4.69) is 11.4 Å². The molecule has 0 aromatic heterocycles. The summed E-state index contributed by atoms with van der Waals surface area (Å²) in [5.74, 6) is -2.18. The highest BCUT2D eigenvalue weighted by atomic mass is 16.5. The van der Waals surface area contributed by atoms with Crippen molar-refractivity contribution in [2.75, 3.05) is 6.61 Å². The van der Waals surface area contributed by atoms with E-state index in [-0.39, 0.29) is 39.5 Å². The molecule has 0 heterocycles. The molecule has 1 atom stereocenters. The Morgan fingerprint density at radius 2 is 1.70 bits per heavy atom. The van der Waals surface area contributed by atoms with Crippen LogP contribution in [0.3, 0.4) is 0 Å². The van der Waals surface area contributed by atoms with Crippen LogP contribution in [0.4, 0.5) is 0 Å². The van der Waals surface area contributed by atoms with Crippen molar-refractivity contribution >= 4 is 23.4 Å². The van der Waals surface area contributed by atoms with Gasteiger partial charge in [-0.05, 0) is 31.7 Å². The fourth-order valence-electron chi connectivity index (χ4n) is 3.73. The van der Waals surface area contributed by atoms with Gasteiger partial charge in [0.1, 0.15) is 5.54 Å². The Bertz CT molecular complexity index is 1140. The molecule has 2 aliphatic rings. The number of nitrogens with one attached hydrogen (secondary N) is 1. The number of esters is 1. The van der Waals surface area contributed by atoms with E-state index in [1.54, 1.807) is 25.1 Å². The average molecular weight is 402 g/mol. The minimum atomic E-state index is -0.999. The van der Waals surface area contributed by atoms with Crippen LogP contribution in [0.5, 0.6) is 0 Å². The van der Waals surface area contributed by atoms with Gasteiger partial charge in [-0.15, -0.1) is 0 Å². The molecule has 0 spiro atoms. The second-order valence-corrected chi connectivity index (χ2v) is 7.64. The Labute approximate surface area is 172 Å². The largest absolute Gasteiger partial charge is 0.452 e. The molecule has 1 amide bonds. The molecular weight excluding hydrogens is 384 g/mol. The van der Waals surface area contributed by atoms with Gasteiger partial charge in [-0.3, -0.25) is 14.4 Å². The summed E-state index contributed by atoms with van der Waals surface area (Å²) in [6.45, 7) is 1.05. The predicted molar refractivity (Wildman–Crippen MR) is 105 cm³/mol. The molecule has 1 fully saturated rings. The lowest BCUT2D eigenvalue weighted by atomic mass is 9.82. The van der Waals surface area contributed by atoms with Crippen molar-refractivity contribution in [1.82, 2.24) is 5.32 Å². The average Bonchev–Trinajstić information content (AvgIpc) is 3.61. The number of nitrogens with zero attached hydrogens (tertiary/aromatic N) is 1. The molecule has 7 nitrogen and oxygen atoms in total. The molecule has 0 aliphatic heterocycles. The third-order valence-electron chi connectivity index (χ3n) is 5.53. The fraction of sp³-hybridized carbons (Fsp3) is 0.261. The highest BCUT2D eigenvalue weighted by molar-refractivity contribution is 6.30. The first-order valence-corrected chi connectivity index (χ1v) is 9.56. The number of rotatable bonds is 5. The number of carbonyl (C=O) groups is 4. The van der Waals surface area contributed by atoms with Crippen molar-refractivity contribution in [3.05, 3.63) is 70.3 Å². The molecule has 0 saturated heterocycles. The minimum Gasteiger partial charge on any atom is -0.452 e. The number of hydrogen-bond acceptors (Lipinski definition) is 6. The lowest BCUT2D eigenvalue weighted by Gasteiger charge is -2.23. The number of ether oxygens (including phenoxy) is 1. The number of benzene rings is 2. The predicted octanol–water partition coefficient (Wildman–Crippen LogP) is 2.43.